The highest BCUT2D eigenvalue weighted by Crippen LogP contribution is 2.32. The molecule has 1 unspecified atom stereocenters. The molecule has 0 saturated heterocycles. The lowest BCUT2D eigenvalue weighted by Gasteiger charge is -2.36. The molecule has 8 heteroatoms. The van der Waals surface area contributed by atoms with Gasteiger partial charge in [0.1, 0.15) is 0 Å². The number of carbonyl (C=O) groups excluding carboxylic acids is 1. The first-order valence-electron chi connectivity index (χ1n) is 7.17. The van der Waals surface area contributed by atoms with Gasteiger partial charge in [0.2, 0.25) is 5.91 Å². The Morgan fingerprint density at radius 2 is 1.58 bits per heavy atom. The number of aliphatic hydroxyl groups is 1. The predicted octanol–water partition coefficient (Wildman–Crippen LogP) is 3.35. The van der Waals surface area contributed by atoms with Crippen molar-refractivity contribution in [1.82, 2.24) is 4.90 Å². The second-order valence-electron chi connectivity index (χ2n) is 6.23. The first-order chi connectivity index (χ1) is 10.8. The van der Waals surface area contributed by atoms with Crippen molar-refractivity contribution in [2.24, 2.45) is 0 Å². The number of carboxylic acids is 1. The second kappa shape index (κ2) is 9.11. The van der Waals surface area contributed by atoms with E-state index in [1.54, 1.807) is 17.0 Å². The van der Waals surface area contributed by atoms with Crippen molar-refractivity contribution in [1.29, 1.82) is 0 Å². The van der Waals surface area contributed by atoms with E-state index in [1.807, 2.05) is 20.8 Å². The van der Waals surface area contributed by atoms with E-state index in [2.05, 4.69) is 0 Å². The molecule has 0 aliphatic rings. The van der Waals surface area contributed by atoms with Crippen LogP contribution in [0.4, 0.5) is 5.69 Å². The van der Waals surface area contributed by atoms with E-state index in [4.69, 9.17) is 38.8 Å². The Morgan fingerprint density at radius 3 is 1.88 bits per heavy atom. The number of benzene rings is 1. The lowest BCUT2D eigenvalue weighted by Crippen LogP contribution is -2.46. The number of rotatable bonds is 3. The molecule has 6 nitrogen and oxygen atoms in total. The Bertz CT molecular complexity index is 573. The molecule has 0 aliphatic heterocycles. The van der Waals surface area contributed by atoms with E-state index in [0.29, 0.717) is 5.56 Å². The molecule has 0 fully saturated rings. The van der Waals surface area contributed by atoms with Crippen LogP contribution in [0.15, 0.2) is 12.1 Å². The summed E-state index contributed by atoms with van der Waals surface area (Å²) < 4.78 is 0. The minimum absolute atomic E-state index is 0.107. The van der Waals surface area contributed by atoms with Gasteiger partial charge in [-0.2, -0.15) is 0 Å². The summed E-state index contributed by atoms with van der Waals surface area (Å²) in [4.78, 5) is 22.3. The van der Waals surface area contributed by atoms with Crippen LogP contribution < -0.4 is 5.73 Å². The third-order valence-corrected chi connectivity index (χ3v) is 3.66. The van der Waals surface area contributed by atoms with Crippen molar-refractivity contribution in [2.75, 3.05) is 12.3 Å². The first-order valence-corrected chi connectivity index (χ1v) is 7.93. The fourth-order valence-corrected chi connectivity index (χ4v) is 2.45. The summed E-state index contributed by atoms with van der Waals surface area (Å²) in [6.45, 7) is 8.44. The van der Waals surface area contributed by atoms with Gasteiger partial charge in [-0.3, -0.25) is 9.59 Å². The van der Waals surface area contributed by atoms with Gasteiger partial charge in [-0.05, 0) is 38.5 Å². The Balaban J connectivity index is 0.00000118. The quantitative estimate of drug-likeness (QED) is 0.699. The third kappa shape index (κ3) is 7.38. The standard InChI is InChI=1S/C14H20Cl2N2O2.C2H4O2/c1-8(19)18(14(2,3)4)7-12(20)9-5-10(15)13(17)11(16)6-9;1-2(3)4/h5-6,12,20H,7,17H2,1-4H3;1H3,(H,3,4). The highest BCUT2D eigenvalue weighted by atomic mass is 35.5. The lowest BCUT2D eigenvalue weighted by atomic mass is 10.0. The van der Waals surface area contributed by atoms with Crippen molar-refractivity contribution in [3.63, 3.8) is 0 Å². The Morgan fingerprint density at radius 1 is 1.21 bits per heavy atom. The van der Waals surface area contributed by atoms with Gasteiger partial charge in [-0.25, -0.2) is 0 Å². The van der Waals surface area contributed by atoms with Gasteiger partial charge in [-0.15, -0.1) is 0 Å². The fourth-order valence-electron chi connectivity index (χ4n) is 1.95. The van der Waals surface area contributed by atoms with Crippen LogP contribution in [0, 0.1) is 0 Å². The lowest BCUT2D eigenvalue weighted by molar-refractivity contribution is -0.136. The number of hydrogen-bond donors (Lipinski definition) is 3. The van der Waals surface area contributed by atoms with E-state index < -0.39 is 12.1 Å². The van der Waals surface area contributed by atoms with Crippen LogP contribution in [0.1, 0.15) is 46.3 Å². The van der Waals surface area contributed by atoms with Gasteiger partial charge < -0.3 is 20.8 Å². The average Bonchev–Trinajstić information content (AvgIpc) is 2.38. The van der Waals surface area contributed by atoms with Crippen LogP contribution in [0.2, 0.25) is 10.0 Å². The monoisotopic (exact) mass is 378 g/mol. The molecule has 0 aliphatic carbocycles. The van der Waals surface area contributed by atoms with Crippen LogP contribution >= 0.6 is 23.2 Å². The first kappa shape index (κ1) is 22.5. The molecule has 4 N–H and O–H groups in total. The number of anilines is 1. The maximum Gasteiger partial charge on any atom is 0.300 e. The van der Waals surface area contributed by atoms with Gasteiger partial charge >= 0.3 is 0 Å². The molecule has 1 atom stereocenters. The summed E-state index contributed by atoms with van der Waals surface area (Å²) in [5.74, 6) is -0.941. The molecule has 24 heavy (non-hydrogen) atoms. The number of carboxylic acid groups (broad SMARTS) is 1. The molecule has 1 rings (SSSR count). The number of hydrogen-bond acceptors (Lipinski definition) is 4. The van der Waals surface area contributed by atoms with Crippen molar-refractivity contribution in [2.45, 2.75) is 46.3 Å². The minimum Gasteiger partial charge on any atom is -0.481 e. The topological polar surface area (TPSA) is 104 Å². The second-order valence-corrected chi connectivity index (χ2v) is 7.05. The van der Waals surface area contributed by atoms with Crippen LogP contribution in [0.3, 0.4) is 0 Å². The highest BCUT2D eigenvalue weighted by molar-refractivity contribution is 6.38. The molecular weight excluding hydrogens is 355 g/mol. The zero-order valence-corrected chi connectivity index (χ0v) is 15.9. The Kier molecular flexibility index (Phi) is 8.54. The molecule has 0 heterocycles. The molecule has 0 radical (unpaired) electrons. The molecule has 1 aromatic rings. The van der Waals surface area contributed by atoms with Gasteiger partial charge in [0.05, 0.1) is 28.4 Å². The molecular formula is C16H24Cl2N2O4. The van der Waals surface area contributed by atoms with Gasteiger partial charge in [0.15, 0.2) is 0 Å². The number of nitrogen functional groups attached to an aromatic ring is 1. The number of amides is 1. The minimum atomic E-state index is -0.881. The highest BCUT2D eigenvalue weighted by Gasteiger charge is 2.26. The number of aliphatic carboxylic acids is 1. The van der Waals surface area contributed by atoms with Gasteiger partial charge in [0.25, 0.3) is 5.97 Å². The normalized spacial score (nSPS) is 12.0. The molecule has 0 spiro atoms. The van der Waals surface area contributed by atoms with E-state index in [9.17, 15) is 9.90 Å². The Hall–Kier alpha value is -1.50. The van der Waals surface area contributed by atoms with Crippen molar-refractivity contribution in [3.8, 4) is 0 Å². The summed E-state index contributed by atoms with van der Waals surface area (Å²) >= 11 is 11.9. The van der Waals surface area contributed by atoms with E-state index in [0.717, 1.165) is 6.92 Å². The summed E-state index contributed by atoms with van der Waals surface area (Å²) in [6, 6.07) is 3.13. The van der Waals surface area contributed by atoms with Gasteiger partial charge in [-0.1, -0.05) is 23.2 Å². The number of aliphatic hydroxyl groups excluding tert-OH is 1. The summed E-state index contributed by atoms with van der Waals surface area (Å²) in [7, 11) is 0. The largest absolute Gasteiger partial charge is 0.481 e. The van der Waals surface area contributed by atoms with Crippen molar-refractivity contribution < 1.29 is 19.8 Å². The molecule has 0 aromatic heterocycles. The van der Waals surface area contributed by atoms with E-state index in [1.165, 1.54) is 6.92 Å². The van der Waals surface area contributed by atoms with Gasteiger partial charge in [0, 0.05) is 19.4 Å². The summed E-state index contributed by atoms with van der Waals surface area (Å²) in [5, 5.41) is 18.3. The zero-order chi connectivity index (χ0) is 19.2. The van der Waals surface area contributed by atoms with Crippen molar-refractivity contribution in [3.05, 3.63) is 27.7 Å². The fraction of sp³-hybridized carbons (Fsp3) is 0.500. The van der Waals surface area contributed by atoms with Crippen LogP contribution in [0.25, 0.3) is 0 Å². The number of β-amino-alcohol motifs (C(OH)–C–C–N with tert-alkyl or cyclic N) is 1. The summed E-state index contributed by atoms with van der Waals surface area (Å²) in [5.41, 5.74) is 6.09. The smallest absolute Gasteiger partial charge is 0.300 e. The maximum absolute atomic E-state index is 11.7. The zero-order valence-electron chi connectivity index (χ0n) is 14.4. The molecule has 136 valence electrons. The number of halogens is 2. The van der Waals surface area contributed by atoms with Crippen LogP contribution in [-0.2, 0) is 9.59 Å². The van der Waals surface area contributed by atoms with Crippen LogP contribution in [-0.4, -0.2) is 39.1 Å². The number of nitrogens with two attached hydrogens (primary N) is 1. The average molecular weight is 379 g/mol. The van der Waals surface area contributed by atoms with E-state index >= 15 is 0 Å². The molecule has 0 bridgehead atoms. The molecule has 1 aromatic carbocycles. The van der Waals surface area contributed by atoms with Crippen LogP contribution in [0.5, 0.6) is 0 Å². The number of nitrogens with zero attached hydrogens (tertiary/aromatic N) is 1. The Labute approximate surface area is 152 Å². The third-order valence-electron chi connectivity index (χ3n) is 3.03. The molecule has 1 amide bonds. The summed E-state index contributed by atoms with van der Waals surface area (Å²) in [6.07, 6.45) is -0.881. The van der Waals surface area contributed by atoms with E-state index in [-0.39, 0.29) is 33.7 Å². The maximum atomic E-state index is 11.7. The van der Waals surface area contributed by atoms with Crippen molar-refractivity contribution >= 4 is 40.8 Å². The SMILES string of the molecule is CC(=O)N(CC(O)c1cc(Cl)c(N)c(Cl)c1)C(C)(C)C.CC(=O)O. The predicted molar refractivity (Wildman–Crippen MR) is 96.3 cm³/mol. The molecule has 0 saturated carbocycles. The number of carbonyl (C=O) groups is 2.